The topological polar surface area (TPSA) is 84.0 Å². The Bertz CT molecular complexity index is 843. The molecule has 4 saturated carbocycles. The van der Waals surface area contributed by atoms with Crippen LogP contribution in [0.4, 0.5) is 11.4 Å². The van der Waals surface area contributed by atoms with Gasteiger partial charge in [0.25, 0.3) is 0 Å². The molecule has 156 valence electrons. The van der Waals surface area contributed by atoms with Gasteiger partial charge in [0, 0.05) is 49.0 Å². The van der Waals surface area contributed by atoms with Crippen LogP contribution >= 0.6 is 0 Å². The Kier molecular flexibility index (Phi) is 4.80. The molecule has 4 aliphatic carbocycles. The van der Waals surface area contributed by atoms with Gasteiger partial charge < -0.3 is 10.6 Å². The third kappa shape index (κ3) is 3.95. The average Bonchev–Trinajstić information content (AvgIpc) is 2.67. The molecule has 2 N–H and O–H groups in total. The highest BCUT2D eigenvalue weighted by Gasteiger charge is 2.58. The molecule has 0 radical (unpaired) electrons. The molecular weight excluding hydrogens is 376 g/mol. The van der Waals surface area contributed by atoms with Crippen molar-refractivity contribution in [2.75, 3.05) is 10.6 Å². The lowest BCUT2D eigenvalue weighted by atomic mass is 9.43. The summed E-state index contributed by atoms with van der Waals surface area (Å²) in [5.41, 5.74) is 1.67. The summed E-state index contributed by atoms with van der Waals surface area (Å²) in [5, 5.41) is 6.08. The minimum absolute atomic E-state index is 0.0398. The largest absolute Gasteiger partial charge is 0.326 e. The summed E-state index contributed by atoms with van der Waals surface area (Å²) < 4.78 is 0. The zero-order chi connectivity index (χ0) is 20.6. The molecule has 0 unspecified atom stereocenters. The fourth-order valence-corrected chi connectivity index (χ4v) is 7.03. The van der Waals surface area contributed by atoms with E-state index >= 15 is 0 Å². The highest BCUT2D eigenvalue weighted by molar-refractivity contribution is 5.92. The second-order valence-corrected chi connectivity index (χ2v) is 9.88. The first-order chi connectivity index (χ1) is 14.5. The van der Waals surface area contributed by atoms with Gasteiger partial charge in [-0.1, -0.05) is 0 Å². The number of anilines is 2. The minimum atomic E-state index is 0.0398. The number of carbonyl (C=O) groups is 2. The van der Waals surface area contributed by atoms with Crippen LogP contribution in [0.25, 0.3) is 0 Å². The lowest BCUT2D eigenvalue weighted by Gasteiger charge is -2.62. The first-order valence-electron chi connectivity index (χ1n) is 10.9. The Labute approximate surface area is 176 Å². The van der Waals surface area contributed by atoms with Crippen molar-refractivity contribution >= 4 is 23.2 Å². The lowest BCUT2D eigenvalue weighted by Crippen LogP contribution is -2.53. The molecule has 0 spiro atoms. The normalized spacial score (nSPS) is 31.3. The fourth-order valence-electron chi connectivity index (χ4n) is 7.03. The van der Waals surface area contributed by atoms with E-state index in [9.17, 15) is 9.59 Å². The average molecular weight is 405 g/mol. The third-order valence-electron chi connectivity index (χ3n) is 7.30. The number of nitrogens with one attached hydrogen (secondary N) is 2. The Hall–Kier alpha value is -2.76. The van der Waals surface area contributed by atoms with Crippen LogP contribution in [0.2, 0.25) is 0 Å². The van der Waals surface area contributed by atoms with Crippen molar-refractivity contribution in [3.63, 3.8) is 0 Å². The van der Waals surface area contributed by atoms with Gasteiger partial charge in [-0.15, -0.1) is 0 Å². The van der Waals surface area contributed by atoms with Crippen LogP contribution in [0.1, 0.15) is 51.4 Å². The maximum atomic E-state index is 12.8. The Balaban J connectivity index is 1.28. The molecule has 0 saturated heterocycles. The molecule has 2 heterocycles. The van der Waals surface area contributed by atoms with Crippen LogP contribution < -0.4 is 10.6 Å². The number of pyridine rings is 2. The monoisotopic (exact) mass is 404 g/mol. The van der Waals surface area contributed by atoms with E-state index < -0.39 is 0 Å². The quantitative estimate of drug-likeness (QED) is 0.746. The summed E-state index contributed by atoms with van der Waals surface area (Å²) >= 11 is 0. The van der Waals surface area contributed by atoms with E-state index in [0.717, 1.165) is 43.5 Å². The van der Waals surface area contributed by atoms with Crippen LogP contribution in [0.15, 0.2) is 49.1 Å². The zero-order valence-corrected chi connectivity index (χ0v) is 17.1. The fraction of sp³-hybridized carbons (Fsp3) is 0.500. The summed E-state index contributed by atoms with van der Waals surface area (Å²) in [6.07, 6.45) is 14.6. The first-order valence-corrected chi connectivity index (χ1v) is 10.9. The van der Waals surface area contributed by atoms with Crippen molar-refractivity contribution in [3.8, 4) is 0 Å². The second-order valence-electron chi connectivity index (χ2n) is 9.88. The molecule has 6 rings (SSSR count). The molecule has 4 fully saturated rings. The Morgan fingerprint density at radius 2 is 1.17 bits per heavy atom. The predicted octanol–water partition coefficient (Wildman–Crippen LogP) is 4.42. The van der Waals surface area contributed by atoms with Crippen molar-refractivity contribution in [2.24, 2.45) is 22.7 Å². The predicted molar refractivity (Wildman–Crippen MR) is 115 cm³/mol. The van der Waals surface area contributed by atoms with Crippen LogP contribution in [0.3, 0.4) is 0 Å². The van der Waals surface area contributed by atoms with E-state index in [1.54, 1.807) is 24.8 Å². The smallest absolute Gasteiger partial charge is 0.224 e. The van der Waals surface area contributed by atoms with Crippen molar-refractivity contribution < 1.29 is 9.59 Å². The molecule has 2 aromatic heterocycles. The molecule has 0 aromatic carbocycles. The van der Waals surface area contributed by atoms with Gasteiger partial charge in [-0.2, -0.15) is 0 Å². The minimum Gasteiger partial charge on any atom is -0.326 e. The standard InChI is InChI=1S/C24H28N4O2/c29-21(27-19-1-5-25-6-2-19)14-23-10-17-9-18(11-23)13-24(12-17,16-23)15-22(30)28-20-3-7-26-8-4-20/h1-8,17-18H,9-16H2,(H,25,27,29)(H,26,28,30). The van der Waals surface area contributed by atoms with Gasteiger partial charge in [0.15, 0.2) is 0 Å². The van der Waals surface area contributed by atoms with Gasteiger partial charge in [0.1, 0.15) is 0 Å². The van der Waals surface area contributed by atoms with Gasteiger partial charge in [-0.3, -0.25) is 19.6 Å². The van der Waals surface area contributed by atoms with Gasteiger partial charge >= 0.3 is 0 Å². The van der Waals surface area contributed by atoms with E-state index in [1.165, 1.54) is 6.42 Å². The number of nitrogens with zero attached hydrogens (tertiary/aromatic N) is 2. The van der Waals surface area contributed by atoms with Crippen molar-refractivity contribution in [1.29, 1.82) is 0 Å². The lowest BCUT2D eigenvalue weighted by molar-refractivity contribution is -0.142. The van der Waals surface area contributed by atoms with Crippen LogP contribution in [-0.4, -0.2) is 21.8 Å². The molecule has 6 nitrogen and oxygen atoms in total. The molecule has 4 bridgehead atoms. The number of amides is 2. The molecule has 2 amide bonds. The summed E-state index contributed by atoms with van der Waals surface area (Å²) in [7, 11) is 0. The van der Waals surface area contributed by atoms with Crippen molar-refractivity contribution in [1.82, 2.24) is 9.97 Å². The summed E-state index contributed by atoms with van der Waals surface area (Å²) in [6, 6.07) is 7.29. The number of hydrogen-bond donors (Lipinski definition) is 2. The second kappa shape index (κ2) is 7.49. The number of hydrogen-bond acceptors (Lipinski definition) is 4. The van der Waals surface area contributed by atoms with Crippen LogP contribution in [0.5, 0.6) is 0 Å². The SMILES string of the molecule is O=C(CC12CC3CC(C1)CC(CC(=O)Nc1ccncc1)(C3)C2)Nc1ccncc1. The van der Waals surface area contributed by atoms with Crippen molar-refractivity contribution in [2.45, 2.75) is 51.4 Å². The van der Waals surface area contributed by atoms with E-state index in [4.69, 9.17) is 0 Å². The highest BCUT2D eigenvalue weighted by Crippen LogP contribution is 2.67. The van der Waals surface area contributed by atoms with Crippen LogP contribution in [0, 0.1) is 22.7 Å². The molecule has 2 aromatic rings. The van der Waals surface area contributed by atoms with E-state index in [0.29, 0.717) is 24.7 Å². The van der Waals surface area contributed by atoms with E-state index in [2.05, 4.69) is 20.6 Å². The van der Waals surface area contributed by atoms with Gasteiger partial charge in [-0.05, 0) is 85.5 Å². The highest BCUT2D eigenvalue weighted by atomic mass is 16.2. The Morgan fingerprint density at radius 1 is 0.767 bits per heavy atom. The Morgan fingerprint density at radius 3 is 1.57 bits per heavy atom. The summed E-state index contributed by atoms with van der Waals surface area (Å²) in [5.74, 6) is 1.46. The van der Waals surface area contributed by atoms with Gasteiger partial charge in [0.2, 0.25) is 11.8 Å². The first kappa shape index (κ1) is 19.2. The van der Waals surface area contributed by atoms with Crippen molar-refractivity contribution in [3.05, 3.63) is 49.1 Å². The van der Waals surface area contributed by atoms with Crippen LogP contribution in [-0.2, 0) is 9.59 Å². The maximum absolute atomic E-state index is 12.8. The number of rotatable bonds is 6. The third-order valence-corrected chi connectivity index (χ3v) is 7.30. The molecule has 0 aliphatic heterocycles. The zero-order valence-electron chi connectivity index (χ0n) is 17.1. The number of carbonyl (C=O) groups excluding carboxylic acids is 2. The molecular formula is C24H28N4O2. The summed E-state index contributed by atoms with van der Waals surface area (Å²) in [4.78, 5) is 33.7. The van der Waals surface area contributed by atoms with Gasteiger partial charge in [0.05, 0.1) is 0 Å². The molecule has 30 heavy (non-hydrogen) atoms. The van der Waals surface area contributed by atoms with E-state index in [1.807, 2.05) is 24.3 Å². The van der Waals surface area contributed by atoms with Gasteiger partial charge in [-0.25, -0.2) is 0 Å². The number of aromatic nitrogens is 2. The molecule has 0 atom stereocenters. The summed E-state index contributed by atoms with van der Waals surface area (Å²) in [6.45, 7) is 0. The van der Waals surface area contributed by atoms with E-state index in [-0.39, 0.29) is 22.6 Å². The molecule has 6 heteroatoms. The maximum Gasteiger partial charge on any atom is 0.224 e. The molecule has 4 aliphatic rings.